The van der Waals surface area contributed by atoms with E-state index in [0.29, 0.717) is 4.90 Å². The molecule has 0 amide bonds. The van der Waals surface area contributed by atoms with E-state index in [2.05, 4.69) is 0 Å². The number of nitrogens with zero attached hydrogens (tertiary/aromatic N) is 1. The molecule has 0 heterocycles. The molecule has 0 saturated heterocycles. The molecule has 0 aliphatic rings. The monoisotopic (exact) mass is 295 g/mol. The average molecular weight is 295 g/mol. The number of halogens is 1. The lowest BCUT2D eigenvalue weighted by atomic mass is 10.3. The molecule has 0 saturated carbocycles. The van der Waals surface area contributed by atoms with Crippen LogP contribution in [0.4, 0.5) is 10.1 Å². The number of benzene rings is 2. The lowest BCUT2D eigenvalue weighted by Crippen LogP contribution is -1.96. The molecule has 0 fully saturated rings. The van der Waals surface area contributed by atoms with E-state index in [4.69, 9.17) is 4.74 Å². The molecule has 0 aromatic heterocycles. The lowest BCUT2D eigenvalue weighted by Gasteiger charge is -2.07. The quantitative estimate of drug-likeness (QED) is 0.689. The van der Waals surface area contributed by atoms with Gasteiger partial charge in [-0.1, -0.05) is 17.8 Å². The predicted molar refractivity (Wildman–Crippen MR) is 71.8 cm³/mol. The minimum Gasteiger partial charge on any atom is -0.508 e. The number of ether oxygens (including phenoxy) is 1. The molecule has 2 aromatic rings. The van der Waals surface area contributed by atoms with Gasteiger partial charge in [0.05, 0.1) is 23.0 Å². The van der Waals surface area contributed by atoms with Crippen molar-refractivity contribution in [2.75, 3.05) is 7.11 Å². The maximum atomic E-state index is 13.9. The summed E-state index contributed by atoms with van der Waals surface area (Å²) in [4.78, 5) is 10.9. The van der Waals surface area contributed by atoms with E-state index in [1.54, 1.807) is 12.1 Å². The third-order valence-electron chi connectivity index (χ3n) is 2.48. The highest BCUT2D eigenvalue weighted by Gasteiger charge is 2.19. The number of phenols is 1. The van der Waals surface area contributed by atoms with Crippen LogP contribution in [0.5, 0.6) is 11.5 Å². The van der Waals surface area contributed by atoms with Crippen LogP contribution in [0.1, 0.15) is 0 Å². The van der Waals surface area contributed by atoms with Crippen molar-refractivity contribution in [2.24, 2.45) is 0 Å². The summed E-state index contributed by atoms with van der Waals surface area (Å²) in [5, 5.41) is 20.1. The molecule has 0 atom stereocenters. The molecule has 1 N–H and O–H groups in total. The van der Waals surface area contributed by atoms with Crippen LogP contribution in [0.3, 0.4) is 0 Å². The second kappa shape index (κ2) is 5.79. The number of hydrogen-bond acceptors (Lipinski definition) is 5. The first-order valence-corrected chi connectivity index (χ1v) is 6.31. The molecule has 7 heteroatoms. The van der Waals surface area contributed by atoms with Gasteiger partial charge >= 0.3 is 5.69 Å². The van der Waals surface area contributed by atoms with Crippen LogP contribution >= 0.6 is 11.8 Å². The highest BCUT2D eigenvalue weighted by molar-refractivity contribution is 7.99. The van der Waals surface area contributed by atoms with Crippen molar-refractivity contribution < 1.29 is 19.2 Å². The zero-order chi connectivity index (χ0) is 14.7. The van der Waals surface area contributed by atoms with E-state index in [1.807, 2.05) is 0 Å². The van der Waals surface area contributed by atoms with Crippen molar-refractivity contribution in [3.8, 4) is 11.5 Å². The summed E-state index contributed by atoms with van der Waals surface area (Å²) < 4.78 is 18.8. The van der Waals surface area contributed by atoms with Crippen molar-refractivity contribution in [3.63, 3.8) is 0 Å². The van der Waals surface area contributed by atoms with Crippen LogP contribution in [0, 0.1) is 15.9 Å². The maximum Gasteiger partial charge on any atom is 0.313 e. The van der Waals surface area contributed by atoms with Crippen LogP contribution in [-0.2, 0) is 0 Å². The summed E-state index contributed by atoms with van der Waals surface area (Å²) >= 11 is 1.04. The second-order valence-electron chi connectivity index (χ2n) is 3.81. The first-order chi connectivity index (χ1) is 9.51. The van der Waals surface area contributed by atoms with Crippen molar-refractivity contribution in [2.45, 2.75) is 9.79 Å². The Bertz CT molecular complexity index is 663. The Kier molecular flexibility index (Phi) is 4.09. The zero-order valence-corrected chi connectivity index (χ0v) is 11.2. The van der Waals surface area contributed by atoms with E-state index >= 15 is 0 Å². The molecule has 0 aliphatic heterocycles. The molecular weight excluding hydrogens is 285 g/mol. The average Bonchev–Trinajstić information content (AvgIpc) is 2.40. The largest absolute Gasteiger partial charge is 0.508 e. The van der Waals surface area contributed by atoms with E-state index in [-0.39, 0.29) is 16.4 Å². The molecule has 2 rings (SSSR count). The van der Waals surface area contributed by atoms with Crippen LogP contribution in [0.15, 0.2) is 46.2 Å². The van der Waals surface area contributed by atoms with Gasteiger partial charge in [0, 0.05) is 11.0 Å². The Morgan fingerprint density at radius 2 is 2.10 bits per heavy atom. The fourth-order valence-electron chi connectivity index (χ4n) is 1.58. The Hall–Kier alpha value is -2.28. The summed E-state index contributed by atoms with van der Waals surface area (Å²) in [6.07, 6.45) is 0. The molecule has 0 aliphatic carbocycles. The minimum atomic E-state index is -0.717. The SMILES string of the molecule is COc1cc(Sc2cccc(O)c2)c(F)cc1[N+](=O)[O-]. The Labute approximate surface area is 118 Å². The highest BCUT2D eigenvalue weighted by Crippen LogP contribution is 2.37. The van der Waals surface area contributed by atoms with Crippen LogP contribution in [0.25, 0.3) is 0 Å². The van der Waals surface area contributed by atoms with Crippen LogP contribution in [0.2, 0.25) is 0 Å². The second-order valence-corrected chi connectivity index (χ2v) is 4.93. The molecule has 0 spiro atoms. The number of hydrogen-bond donors (Lipinski definition) is 1. The van der Waals surface area contributed by atoms with Crippen LogP contribution < -0.4 is 4.74 Å². The smallest absolute Gasteiger partial charge is 0.313 e. The predicted octanol–water partition coefficient (Wildman–Crippen LogP) is 3.60. The standard InChI is InChI=1S/C13H10FNO4S/c1-19-12-7-13(10(14)6-11(12)15(17)18)20-9-4-2-3-8(16)5-9/h2-7,16H,1H3. The van der Waals surface area contributed by atoms with Gasteiger partial charge < -0.3 is 9.84 Å². The van der Waals surface area contributed by atoms with Crippen molar-refractivity contribution in [3.05, 3.63) is 52.3 Å². The summed E-state index contributed by atoms with van der Waals surface area (Å²) in [5.41, 5.74) is -0.426. The number of nitro benzene ring substituents is 1. The van der Waals surface area contributed by atoms with E-state index in [9.17, 15) is 19.6 Å². The molecule has 104 valence electrons. The van der Waals surface area contributed by atoms with Gasteiger partial charge in [-0.05, 0) is 18.2 Å². The van der Waals surface area contributed by atoms with Gasteiger partial charge in [0.15, 0.2) is 5.75 Å². The number of methoxy groups -OCH3 is 1. The van der Waals surface area contributed by atoms with Crippen molar-refractivity contribution in [1.29, 1.82) is 0 Å². The van der Waals surface area contributed by atoms with Crippen LogP contribution in [-0.4, -0.2) is 17.1 Å². The molecule has 20 heavy (non-hydrogen) atoms. The fraction of sp³-hybridized carbons (Fsp3) is 0.0769. The van der Waals surface area contributed by atoms with Gasteiger partial charge in [0.1, 0.15) is 11.6 Å². The molecular formula is C13H10FNO4S. The molecule has 2 aromatic carbocycles. The molecule has 0 radical (unpaired) electrons. The first kappa shape index (κ1) is 14.1. The van der Waals surface area contributed by atoms with Crippen molar-refractivity contribution in [1.82, 2.24) is 0 Å². The highest BCUT2D eigenvalue weighted by atomic mass is 32.2. The Morgan fingerprint density at radius 3 is 2.70 bits per heavy atom. The van der Waals surface area contributed by atoms with E-state index < -0.39 is 16.4 Å². The van der Waals surface area contributed by atoms with E-state index in [0.717, 1.165) is 17.8 Å². The van der Waals surface area contributed by atoms with E-state index in [1.165, 1.54) is 25.3 Å². The Balaban J connectivity index is 2.40. The number of rotatable bonds is 4. The van der Waals surface area contributed by atoms with Gasteiger partial charge in [-0.2, -0.15) is 0 Å². The van der Waals surface area contributed by atoms with Gasteiger partial charge in [0.25, 0.3) is 0 Å². The van der Waals surface area contributed by atoms with Gasteiger partial charge in [-0.15, -0.1) is 0 Å². The summed E-state index contributed by atoms with van der Waals surface area (Å²) in [6.45, 7) is 0. The normalized spacial score (nSPS) is 10.3. The number of aromatic hydroxyl groups is 1. The Morgan fingerprint density at radius 1 is 1.35 bits per heavy atom. The fourth-order valence-corrected chi connectivity index (χ4v) is 2.49. The summed E-state index contributed by atoms with van der Waals surface area (Å²) in [6, 6.07) is 8.37. The van der Waals surface area contributed by atoms with Gasteiger partial charge in [0.2, 0.25) is 0 Å². The lowest BCUT2D eigenvalue weighted by molar-refractivity contribution is -0.386. The third-order valence-corrected chi connectivity index (χ3v) is 3.50. The third kappa shape index (κ3) is 3.00. The molecule has 0 unspecified atom stereocenters. The topological polar surface area (TPSA) is 72.6 Å². The maximum absolute atomic E-state index is 13.9. The number of phenolic OH excluding ortho intramolecular Hbond substituents is 1. The van der Waals surface area contributed by atoms with Gasteiger partial charge in [-0.3, -0.25) is 10.1 Å². The number of nitro groups is 1. The molecule has 5 nitrogen and oxygen atoms in total. The summed E-state index contributed by atoms with van der Waals surface area (Å²) in [7, 11) is 1.28. The summed E-state index contributed by atoms with van der Waals surface area (Å²) in [5.74, 6) is -0.672. The zero-order valence-electron chi connectivity index (χ0n) is 10.4. The molecule has 0 bridgehead atoms. The minimum absolute atomic E-state index is 0.0148. The van der Waals surface area contributed by atoms with Crippen molar-refractivity contribution >= 4 is 17.4 Å². The first-order valence-electron chi connectivity index (χ1n) is 5.50. The van der Waals surface area contributed by atoms with Gasteiger partial charge in [-0.25, -0.2) is 4.39 Å².